The Morgan fingerprint density at radius 1 is 1.04 bits per heavy atom. The summed E-state index contributed by atoms with van der Waals surface area (Å²) < 4.78 is 5.75. The smallest absolute Gasteiger partial charge is 0.291 e. The summed E-state index contributed by atoms with van der Waals surface area (Å²) in [6.07, 6.45) is 0. The molecule has 3 rings (SSSR count). The number of piperazine rings is 1. The molecule has 1 aliphatic rings. The molecule has 126 valence electrons. The van der Waals surface area contributed by atoms with Crippen LogP contribution in [0.25, 0.3) is 0 Å². The van der Waals surface area contributed by atoms with E-state index in [2.05, 4.69) is 26.1 Å². The van der Waals surface area contributed by atoms with Gasteiger partial charge in [-0.3, -0.25) is 9.59 Å². The molecule has 1 N–H and O–H groups in total. The van der Waals surface area contributed by atoms with Crippen LogP contribution in [-0.2, 0) is 4.79 Å². The van der Waals surface area contributed by atoms with Crippen molar-refractivity contribution >= 4 is 39.1 Å². The first kappa shape index (κ1) is 16.6. The third-order valence-electron chi connectivity index (χ3n) is 4.01. The van der Waals surface area contributed by atoms with E-state index in [4.69, 9.17) is 4.42 Å². The maximum Gasteiger partial charge on any atom is 0.291 e. The van der Waals surface area contributed by atoms with Crippen molar-refractivity contribution in [3.8, 4) is 0 Å². The number of rotatable bonds is 3. The summed E-state index contributed by atoms with van der Waals surface area (Å²) in [5.41, 5.74) is 1.79. The lowest BCUT2D eigenvalue weighted by Gasteiger charge is -2.35. The van der Waals surface area contributed by atoms with E-state index in [0.717, 1.165) is 31.9 Å². The number of nitrogens with one attached hydrogen (secondary N) is 1. The monoisotopic (exact) mass is 391 g/mol. The first-order valence-electron chi connectivity index (χ1n) is 7.70. The number of halogens is 1. The van der Waals surface area contributed by atoms with Crippen molar-refractivity contribution in [2.45, 2.75) is 6.92 Å². The number of hydrogen-bond donors (Lipinski definition) is 1. The van der Waals surface area contributed by atoms with Gasteiger partial charge in [0, 0.05) is 44.5 Å². The van der Waals surface area contributed by atoms with Crippen LogP contribution in [0.2, 0.25) is 0 Å². The molecule has 1 saturated heterocycles. The zero-order chi connectivity index (χ0) is 17.1. The van der Waals surface area contributed by atoms with Gasteiger partial charge in [0.05, 0.1) is 0 Å². The molecule has 0 bridgehead atoms. The fourth-order valence-electron chi connectivity index (χ4n) is 2.66. The normalized spacial score (nSPS) is 14.6. The Balaban J connectivity index is 1.59. The minimum absolute atomic E-state index is 0.122. The van der Waals surface area contributed by atoms with Crippen molar-refractivity contribution in [3.63, 3.8) is 0 Å². The number of anilines is 2. The van der Waals surface area contributed by atoms with Crippen LogP contribution < -0.4 is 10.2 Å². The summed E-state index contributed by atoms with van der Waals surface area (Å²) in [7, 11) is 0. The highest BCUT2D eigenvalue weighted by Gasteiger charge is 2.18. The molecule has 1 fully saturated rings. The Hall–Kier alpha value is -2.28. The lowest BCUT2D eigenvalue weighted by atomic mass is 10.2. The number of carbonyl (C=O) groups excluding carboxylic acids is 2. The van der Waals surface area contributed by atoms with Crippen molar-refractivity contribution in [2.75, 3.05) is 36.4 Å². The summed E-state index contributed by atoms with van der Waals surface area (Å²) in [5, 5.41) is 2.80. The van der Waals surface area contributed by atoms with Crippen molar-refractivity contribution in [1.82, 2.24) is 4.90 Å². The van der Waals surface area contributed by atoms with Crippen molar-refractivity contribution in [2.24, 2.45) is 0 Å². The van der Waals surface area contributed by atoms with Gasteiger partial charge in [-0.2, -0.15) is 0 Å². The highest BCUT2D eigenvalue weighted by molar-refractivity contribution is 9.10. The largest absolute Gasteiger partial charge is 0.444 e. The van der Waals surface area contributed by atoms with Crippen LogP contribution in [0.15, 0.2) is 45.5 Å². The maximum absolute atomic E-state index is 12.0. The number of furan rings is 1. The highest BCUT2D eigenvalue weighted by atomic mass is 79.9. The lowest BCUT2D eigenvalue weighted by Crippen LogP contribution is -2.48. The van der Waals surface area contributed by atoms with Crippen LogP contribution in [0.1, 0.15) is 17.5 Å². The fraction of sp³-hybridized carbons (Fsp3) is 0.294. The summed E-state index contributed by atoms with van der Waals surface area (Å²) in [4.78, 5) is 27.5. The van der Waals surface area contributed by atoms with Crippen molar-refractivity contribution in [1.29, 1.82) is 0 Å². The van der Waals surface area contributed by atoms with Crippen molar-refractivity contribution < 1.29 is 14.0 Å². The van der Waals surface area contributed by atoms with E-state index in [-0.39, 0.29) is 17.6 Å². The van der Waals surface area contributed by atoms with Crippen LogP contribution in [0.4, 0.5) is 11.4 Å². The molecule has 0 aliphatic carbocycles. The molecule has 0 saturated carbocycles. The number of benzene rings is 1. The molecule has 0 atom stereocenters. The van der Waals surface area contributed by atoms with Gasteiger partial charge in [0.1, 0.15) is 0 Å². The molecular weight excluding hydrogens is 374 g/mol. The molecule has 2 aromatic rings. The van der Waals surface area contributed by atoms with Crippen molar-refractivity contribution in [3.05, 3.63) is 46.8 Å². The number of amides is 2. The minimum atomic E-state index is -0.288. The fourth-order valence-corrected chi connectivity index (χ4v) is 2.97. The molecule has 0 spiro atoms. The molecule has 0 radical (unpaired) electrons. The number of carbonyl (C=O) groups is 2. The van der Waals surface area contributed by atoms with Gasteiger partial charge < -0.3 is 19.5 Å². The highest BCUT2D eigenvalue weighted by Crippen LogP contribution is 2.21. The zero-order valence-corrected chi connectivity index (χ0v) is 14.9. The number of nitrogens with zero attached hydrogens (tertiary/aromatic N) is 2. The van der Waals surface area contributed by atoms with E-state index in [1.165, 1.54) is 0 Å². The van der Waals surface area contributed by atoms with Gasteiger partial charge >= 0.3 is 0 Å². The lowest BCUT2D eigenvalue weighted by molar-refractivity contribution is -0.129. The Labute approximate surface area is 148 Å². The molecule has 2 amide bonds. The predicted octanol–water partition coefficient (Wildman–Crippen LogP) is 2.96. The second-order valence-corrected chi connectivity index (χ2v) is 6.38. The van der Waals surface area contributed by atoms with Gasteiger partial charge in [-0.25, -0.2) is 0 Å². The van der Waals surface area contributed by atoms with Gasteiger partial charge in [0.25, 0.3) is 5.91 Å². The van der Waals surface area contributed by atoms with Gasteiger partial charge in [-0.05, 0) is 52.3 Å². The van der Waals surface area contributed by atoms with E-state index < -0.39 is 0 Å². The first-order chi connectivity index (χ1) is 11.5. The molecular formula is C17H18BrN3O3. The Morgan fingerprint density at radius 2 is 1.71 bits per heavy atom. The minimum Gasteiger partial charge on any atom is -0.444 e. The average molecular weight is 392 g/mol. The number of hydrogen-bond acceptors (Lipinski definition) is 4. The van der Waals surface area contributed by atoms with Gasteiger partial charge in [-0.15, -0.1) is 0 Å². The third-order valence-corrected chi connectivity index (χ3v) is 4.44. The average Bonchev–Trinajstić information content (AvgIpc) is 3.02. The molecule has 1 aromatic heterocycles. The Morgan fingerprint density at radius 3 is 2.25 bits per heavy atom. The first-order valence-corrected chi connectivity index (χ1v) is 8.49. The van der Waals surface area contributed by atoms with E-state index in [9.17, 15) is 9.59 Å². The van der Waals surface area contributed by atoms with Gasteiger partial charge in [0.2, 0.25) is 5.91 Å². The van der Waals surface area contributed by atoms with Crippen LogP contribution in [0, 0.1) is 0 Å². The van der Waals surface area contributed by atoms with Gasteiger partial charge in [-0.1, -0.05) is 0 Å². The quantitative estimate of drug-likeness (QED) is 0.873. The standard InChI is InChI=1S/C17H18BrN3O3/c1-12(22)20-8-10-21(11-9-20)14-4-2-13(3-5-14)19-17(23)15-6-7-16(18)24-15/h2-7H,8-11H2,1H3,(H,19,23). The Bertz CT molecular complexity index is 734. The Kier molecular flexibility index (Phi) is 4.89. The van der Waals surface area contributed by atoms with E-state index >= 15 is 0 Å². The summed E-state index contributed by atoms with van der Waals surface area (Å²) in [6, 6.07) is 11.0. The summed E-state index contributed by atoms with van der Waals surface area (Å²) >= 11 is 3.18. The molecule has 7 heteroatoms. The molecule has 1 aliphatic heterocycles. The van der Waals surface area contributed by atoms with Crippen LogP contribution >= 0.6 is 15.9 Å². The molecule has 1 aromatic carbocycles. The van der Waals surface area contributed by atoms with E-state index in [0.29, 0.717) is 10.4 Å². The molecule has 0 unspecified atom stereocenters. The zero-order valence-electron chi connectivity index (χ0n) is 13.3. The molecule has 2 heterocycles. The van der Waals surface area contributed by atoms with E-state index in [1.807, 2.05) is 29.2 Å². The molecule has 6 nitrogen and oxygen atoms in total. The van der Waals surface area contributed by atoms with Crippen LogP contribution in [-0.4, -0.2) is 42.9 Å². The SMILES string of the molecule is CC(=O)N1CCN(c2ccc(NC(=O)c3ccc(Br)o3)cc2)CC1. The van der Waals surface area contributed by atoms with Crippen LogP contribution in [0.5, 0.6) is 0 Å². The summed E-state index contributed by atoms with van der Waals surface area (Å²) in [5.74, 6) is 0.0899. The second kappa shape index (κ2) is 7.09. The second-order valence-electron chi connectivity index (χ2n) is 5.60. The summed E-state index contributed by atoms with van der Waals surface area (Å²) in [6.45, 7) is 4.70. The van der Waals surface area contributed by atoms with Crippen LogP contribution in [0.3, 0.4) is 0 Å². The van der Waals surface area contributed by atoms with E-state index in [1.54, 1.807) is 19.1 Å². The predicted molar refractivity (Wildman–Crippen MR) is 95.3 cm³/mol. The third kappa shape index (κ3) is 3.79. The topological polar surface area (TPSA) is 65.8 Å². The molecule has 24 heavy (non-hydrogen) atoms. The maximum atomic E-state index is 12.0. The van der Waals surface area contributed by atoms with Gasteiger partial charge in [0.15, 0.2) is 10.4 Å².